The second-order valence-corrected chi connectivity index (χ2v) is 4.55. The maximum Gasteiger partial charge on any atom is 0.316 e. The van der Waals surface area contributed by atoms with E-state index >= 15 is 0 Å². The number of nitrogens with two attached hydrogens (primary N) is 1. The van der Waals surface area contributed by atoms with E-state index in [1.165, 1.54) is 5.56 Å². The van der Waals surface area contributed by atoms with Crippen LogP contribution in [-0.2, 0) is 20.0 Å². The summed E-state index contributed by atoms with van der Waals surface area (Å²) in [5.41, 5.74) is 9.01. The maximum absolute atomic E-state index is 10.7. The van der Waals surface area contributed by atoms with Crippen molar-refractivity contribution in [2.75, 3.05) is 10.6 Å². The lowest BCUT2D eigenvalue weighted by atomic mass is 10.2. The summed E-state index contributed by atoms with van der Waals surface area (Å²) in [6, 6.07) is 6.84. The molecule has 0 atom stereocenters. The van der Waals surface area contributed by atoms with Gasteiger partial charge in [0.2, 0.25) is 0 Å². The lowest BCUT2D eigenvalue weighted by molar-refractivity contribution is 0.259. The first-order chi connectivity index (χ1) is 9.58. The van der Waals surface area contributed by atoms with Crippen molar-refractivity contribution in [2.45, 2.75) is 19.9 Å². The van der Waals surface area contributed by atoms with E-state index < -0.39 is 6.03 Å². The number of hydrogen-bond donors (Lipinski definition) is 3. The summed E-state index contributed by atoms with van der Waals surface area (Å²) < 4.78 is 1.83. The van der Waals surface area contributed by atoms with E-state index in [9.17, 15) is 4.79 Å². The molecule has 0 radical (unpaired) electrons. The lowest BCUT2D eigenvalue weighted by Gasteiger charge is -2.07. The molecule has 1 heterocycles. The lowest BCUT2D eigenvalue weighted by Crippen LogP contribution is -2.19. The van der Waals surface area contributed by atoms with Crippen molar-refractivity contribution < 1.29 is 4.79 Å². The predicted octanol–water partition coefficient (Wildman–Crippen LogP) is 2.09. The van der Waals surface area contributed by atoms with Crippen molar-refractivity contribution in [1.29, 1.82) is 0 Å². The molecule has 0 unspecified atom stereocenters. The van der Waals surface area contributed by atoms with Gasteiger partial charge in [-0.15, -0.1) is 0 Å². The van der Waals surface area contributed by atoms with E-state index in [-0.39, 0.29) is 0 Å². The second-order valence-electron chi connectivity index (χ2n) is 4.55. The first-order valence-electron chi connectivity index (χ1n) is 6.50. The molecule has 0 aliphatic heterocycles. The highest BCUT2D eigenvalue weighted by atomic mass is 16.2. The number of amides is 2. The normalized spacial score (nSPS) is 10.3. The number of nitrogens with zero attached hydrogens (tertiary/aromatic N) is 2. The molecular weight excluding hydrogens is 254 g/mol. The van der Waals surface area contributed by atoms with Crippen LogP contribution < -0.4 is 16.4 Å². The number of aryl methyl sites for hydroxylation is 2. The Hall–Kier alpha value is -2.50. The van der Waals surface area contributed by atoms with Gasteiger partial charge in [0, 0.05) is 36.7 Å². The van der Waals surface area contributed by atoms with Crippen LogP contribution in [0.25, 0.3) is 0 Å². The van der Waals surface area contributed by atoms with Crippen LogP contribution in [0.2, 0.25) is 0 Å². The fraction of sp³-hybridized carbons (Fsp3) is 0.286. The molecule has 2 amide bonds. The van der Waals surface area contributed by atoms with E-state index in [0.717, 1.165) is 24.3 Å². The fourth-order valence-corrected chi connectivity index (χ4v) is 2.04. The Morgan fingerprint density at radius 2 is 1.95 bits per heavy atom. The zero-order chi connectivity index (χ0) is 14.5. The van der Waals surface area contributed by atoms with Gasteiger partial charge < -0.3 is 16.4 Å². The SMILES string of the molecule is CCc1nn(C)cc1CNc1ccc(NC(N)=O)cc1. The van der Waals surface area contributed by atoms with Crippen LogP contribution in [0.1, 0.15) is 18.2 Å². The van der Waals surface area contributed by atoms with Gasteiger partial charge in [-0.3, -0.25) is 4.68 Å². The molecule has 6 nitrogen and oxygen atoms in total. The molecule has 0 spiro atoms. The number of rotatable bonds is 5. The molecule has 0 saturated carbocycles. The van der Waals surface area contributed by atoms with E-state index in [2.05, 4.69) is 22.7 Å². The highest BCUT2D eigenvalue weighted by Gasteiger charge is 2.05. The number of carbonyl (C=O) groups is 1. The Balaban J connectivity index is 1.98. The largest absolute Gasteiger partial charge is 0.381 e. The topological polar surface area (TPSA) is 85.0 Å². The molecule has 20 heavy (non-hydrogen) atoms. The third-order valence-electron chi connectivity index (χ3n) is 2.96. The minimum absolute atomic E-state index is 0.561. The van der Waals surface area contributed by atoms with Crippen molar-refractivity contribution in [3.63, 3.8) is 0 Å². The summed E-state index contributed by atoms with van der Waals surface area (Å²) in [6.07, 6.45) is 2.94. The molecule has 0 aliphatic carbocycles. The van der Waals surface area contributed by atoms with Gasteiger partial charge in [-0.05, 0) is 30.7 Å². The predicted molar refractivity (Wildman–Crippen MR) is 79.6 cm³/mol. The summed E-state index contributed by atoms with van der Waals surface area (Å²) >= 11 is 0. The molecule has 2 aromatic rings. The number of anilines is 2. The van der Waals surface area contributed by atoms with Gasteiger partial charge >= 0.3 is 6.03 Å². The molecule has 1 aromatic carbocycles. The standard InChI is InChI=1S/C14H19N5O/c1-3-13-10(9-19(2)18-13)8-16-11-4-6-12(7-5-11)17-14(15)20/h4-7,9,16H,3,8H2,1-2H3,(H3,15,17,20). The summed E-state index contributed by atoms with van der Waals surface area (Å²) in [4.78, 5) is 10.7. The number of carbonyl (C=O) groups excluding carboxylic acids is 1. The third-order valence-corrected chi connectivity index (χ3v) is 2.96. The third kappa shape index (κ3) is 3.50. The van der Waals surface area contributed by atoms with E-state index in [4.69, 9.17) is 5.73 Å². The number of aromatic nitrogens is 2. The average molecular weight is 273 g/mol. The van der Waals surface area contributed by atoms with Crippen LogP contribution in [0.4, 0.5) is 16.2 Å². The molecule has 1 aromatic heterocycles. The molecule has 4 N–H and O–H groups in total. The Morgan fingerprint density at radius 1 is 1.30 bits per heavy atom. The first-order valence-corrected chi connectivity index (χ1v) is 6.50. The Labute approximate surface area is 118 Å². The van der Waals surface area contributed by atoms with Crippen LogP contribution in [0.15, 0.2) is 30.5 Å². The van der Waals surface area contributed by atoms with Crippen molar-refractivity contribution in [2.24, 2.45) is 12.8 Å². The molecular formula is C14H19N5O. The Kier molecular flexibility index (Phi) is 4.24. The average Bonchev–Trinajstić information content (AvgIpc) is 2.78. The minimum atomic E-state index is -0.561. The summed E-state index contributed by atoms with van der Waals surface area (Å²) in [7, 11) is 1.92. The van der Waals surface area contributed by atoms with Gasteiger partial charge in [0.05, 0.1) is 5.69 Å². The van der Waals surface area contributed by atoms with E-state index in [0.29, 0.717) is 5.69 Å². The van der Waals surface area contributed by atoms with Crippen LogP contribution >= 0.6 is 0 Å². The van der Waals surface area contributed by atoms with E-state index in [1.54, 1.807) is 12.1 Å². The van der Waals surface area contributed by atoms with Crippen LogP contribution in [0, 0.1) is 0 Å². The number of urea groups is 1. The number of nitrogens with one attached hydrogen (secondary N) is 2. The van der Waals surface area contributed by atoms with Gasteiger partial charge in [0.15, 0.2) is 0 Å². The molecule has 0 aliphatic rings. The highest BCUT2D eigenvalue weighted by Crippen LogP contribution is 2.15. The van der Waals surface area contributed by atoms with E-state index in [1.807, 2.05) is 30.1 Å². The molecule has 2 rings (SSSR count). The molecule has 6 heteroatoms. The Bertz CT molecular complexity index is 588. The van der Waals surface area contributed by atoms with Crippen LogP contribution in [0.5, 0.6) is 0 Å². The maximum atomic E-state index is 10.7. The van der Waals surface area contributed by atoms with Gasteiger partial charge in [0.1, 0.15) is 0 Å². The second kappa shape index (κ2) is 6.10. The Morgan fingerprint density at radius 3 is 2.55 bits per heavy atom. The number of primary amides is 1. The molecule has 0 saturated heterocycles. The van der Waals surface area contributed by atoms with Crippen LogP contribution in [-0.4, -0.2) is 15.8 Å². The first kappa shape index (κ1) is 13.9. The molecule has 0 fully saturated rings. The van der Waals surface area contributed by atoms with Crippen LogP contribution in [0.3, 0.4) is 0 Å². The molecule has 0 bridgehead atoms. The smallest absolute Gasteiger partial charge is 0.316 e. The summed E-state index contributed by atoms with van der Waals surface area (Å²) in [6.45, 7) is 2.82. The van der Waals surface area contributed by atoms with Gasteiger partial charge in [-0.25, -0.2) is 4.79 Å². The minimum Gasteiger partial charge on any atom is -0.381 e. The quantitative estimate of drug-likeness (QED) is 0.779. The monoisotopic (exact) mass is 273 g/mol. The van der Waals surface area contributed by atoms with Gasteiger partial charge in [-0.2, -0.15) is 5.10 Å². The van der Waals surface area contributed by atoms with Crippen molar-refractivity contribution >= 4 is 17.4 Å². The highest BCUT2D eigenvalue weighted by molar-refractivity contribution is 5.87. The van der Waals surface area contributed by atoms with Gasteiger partial charge in [-0.1, -0.05) is 6.92 Å². The zero-order valence-electron chi connectivity index (χ0n) is 11.7. The fourth-order valence-electron chi connectivity index (χ4n) is 2.04. The van der Waals surface area contributed by atoms with Crippen molar-refractivity contribution in [1.82, 2.24) is 9.78 Å². The van der Waals surface area contributed by atoms with Crippen molar-refractivity contribution in [3.8, 4) is 0 Å². The number of hydrogen-bond acceptors (Lipinski definition) is 3. The number of benzene rings is 1. The van der Waals surface area contributed by atoms with Gasteiger partial charge in [0.25, 0.3) is 0 Å². The molecule has 106 valence electrons. The van der Waals surface area contributed by atoms with Crippen molar-refractivity contribution in [3.05, 3.63) is 41.7 Å². The zero-order valence-corrected chi connectivity index (χ0v) is 11.7. The summed E-state index contributed by atoms with van der Waals surface area (Å²) in [5, 5.41) is 10.3. The summed E-state index contributed by atoms with van der Waals surface area (Å²) in [5.74, 6) is 0.